The molecule has 0 aliphatic heterocycles. The number of hydrogen-bond donors (Lipinski definition) is 2. The second-order valence-corrected chi connectivity index (χ2v) is 4.71. The Balaban J connectivity index is 1.91. The largest absolute Gasteiger partial charge is 0.326 e. The Bertz CT molecular complexity index is 408. The van der Waals surface area contributed by atoms with Gasteiger partial charge in [0.2, 0.25) is 0 Å². The van der Waals surface area contributed by atoms with Gasteiger partial charge in [-0.25, -0.2) is 0 Å². The minimum absolute atomic E-state index is 0.00685. The highest BCUT2D eigenvalue weighted by Crippen LogP contribution is 2.08. The van der Waals surface area contributed by atoms with Gasteiger partial charge >= 0.3 is 0 Å². The molecule has 94 valence electrons. The molecule has 2 aromatic carbocycles. The van der Waals surface area contributed by atoms with Gasteiger partial charge in [-0.1, -0.05) is 60.7 Å². The van der Waals surface area contributed by atoms with Crippen LogP contribution in [0.2, 0.25) is 0 Å². The van der Waals surface area contributed by atoms with E-state index in [1.54, 1.807) is 0 Å². The van der Waals surface area contributed by atoms with Crippen LogP contribution in [0.25, 0.3) is 0 Å². The second-order valence-electron chi connectivity index (χ2n) is 4.71. The molecular formula is C16H20N2. The molecule has 0 saturated heterocycles. The lowest BCUT2D eigenvalue weighted by Crippen LogP contribution is -2.44. The van der Waals surface area contributed by atoms with Crippen LogP contribution in [0.1, 0.15) is 11.1 Å². The Hall–Kier alpha value is -1.64. The van der Waals surface area contributed by atoms with Crippen LogP contribution in [0.3, 0.4) is 0 Å². The maximum absolute atomic E-state index is 6.17. The molecule has 0 spiro atoms. The van der Waals surface area contributed by atoms with Crippen LogP contribution < -0.4 is 11.5 Å². The van der Waals surface area contributed by atoms with Crippen molar-refractivity contribution in [3.63, 3.8) is 0 Å². The SMILES string of the molecule is NC(Cc1ccccc1)C(N)Cc1ccccc1. The normalized spacial score (nSPS) is 14.1. The number of benzene rings is 2. The van der Waals surface area contributed by atoms with Gasteiger partial charge < -0.3 is 11.5 Å². The third-order valence-corrected chi connectivity index (χ3v) is 3.18. The smallest absolute Gasteiger partial charge is 0.0236 e. The minimum atomic E-state index is -0.00685. The van der Waals surface area contributed by atoms with Crippen molar-refractivity contribution in [3.8, 4) is 0 Å². The highest BCUT2D eigenvalue weighted by Gasteiger charge is 2.14. The zero-order chi connectivity index (χ0) is 12.8. The summed E-state index contributed by atoms with van der Waals surface area (Å²) in [6.45, 7) is 0. The Morgan fingerprint density at radius 2 is 0.944 bits per heavy atom. The van der Waals surface area contributed by atoms with Crippen molar-refractivity contribution < 1.29 is 0 Å². The van der Waals surface area contributed by atoms with Crippen LogP contribution >= 0.6 is 0 Å². The lowest BCUT2D eigenvalue weighted by molar-refractivity contribution is 0.519. The highest BCUT2D eigenvalue weighted by atomic mass is 14.8. The van der Waals surface area contributed by atoms with E-state index in [-0.39, 0.29) is 12.1 Å². The summed E-state index contributed by atoms with van der Waals surface area (Å²) in [6.07, 6.45) is 1.66. The molecule has 2 rings (SSSR count). The van der Waals surface area contributed by atoms with Gasteiger partial charge in [0.05, 0.1) is 0 Å². The summed E-state index contributed by atoms with van der Waals surface area (Å²) in [7, 11) is 0. The molecule has 0 fully saturated rings. The summed E-state index contributed by atoms with van der Waals surface area (Å²) in [5, 5.41) is 0. The summed E-state index contributed by atoms with van der Waals surface area (Å²) < 4.78 is 0. The molecule has 4 N–H and O–H groups in total. The van der Waals surface area contributed by atoms with E-state index in [9.17, 15) is 0 Å². The molecule has 0 bridgehead atoms. The van der Waals surface area contributed by atoms with Gasteiger partial charge in [0.15, 0.2) is 0 Å². The second kappa shape index (κ2) is 6.34. The lowest BCUT2D eigenvalue weighted by atomic mass is 9.96. The third kappa shape index (κ3) is 3.69. The van der Waals surface area contributed by atoms with E-state index in [4.69, 9.17) is 11.5 Å². The standard InChI is InChI=1S/C16H20N2/c17-15(11-13-7-3-1-4-8-13)16(18)12-14-9-5-2-6-10-14/h1-10,15-16H,11-12,17-18H2. The van der Waals surface area contributed by atoms with E-state index in [0.717, 1.165) is 12.8 Å². The Kier molecular flexibility index (Phi) is 4.51. The predicted molar refractivity (Wildman–Crippen MR) is 76.2 cm³/mol. The van der Waals surface area contributed by atoms with Crippen LogP contribution in [0.5, 0.6) is 0 Å². The molecule has 0 aliphatic rings. The first-order valence-electron chi connectivity index (χ1n) is 6.34. The van der Waals surface area contributed by atoms with Gasteiger partial charge in [0, 0.05) is 12.1 Å². The first-order chi connectivity index (χ1) is 8.75. The fourth-order valence-electron chi connectivity index (χ4n) is 2.08. The van der Waals surface area contributed by atoms with Gasteiger partial charge in [-0.2, -0.15) is 0 Å². The molecule has 0 heterocycles. The first-order valence-corrected chi connectivity index (χ1v) is 6.34. The van der Waals surface area contributed by atoms with Crippen molar-refractivity contribution >= 4 is 0 Å². The molecular weight excluding hydrogens is 220 g/mol. The zero-order valence-corrected chi connectivity index (χ0v) is 10.5. The maximum Gasteiger partial charge on any atom is 0.0236 e. The molecule has 0 saturated carbocycles. The fourth-order valence-corrected chi connectivity index (χ4v) is 2.08. The van der Waals surface area contributed by atoms with E-state index in [1.807, 2.05) is 36.4 Å². The van der Waals surface area contributed by atoms with Crippen molar-refractivity contribution in [1.82, 2.24) is 0 Å². The van der Waals surface area contributed by atoms with E-state index in [2.05, 4.69) is 24.3 Å². The first kappa shape index (κ1) is 12.8. The molecule has 2 aromatic rings. The minimum Gasteiger partial charge on any atom is -0.326 e. The predicted octanol–water partition coefficient (Wildman–Crippen LogP) is 2.13. The van der Waals surface area contributed by atoms with E-state index in [0.29, 0.717) is 0 Å². The van der Waals surface area contributed by atoms with Crippen LogP contribution in [-0.2, 0) is 12.8 Å². The van der Waals surface area contributed by atoms with Gasteiger partial charge in [-0.15, -0.1) is 0 Å². The zero-order valence-electron chi connectivity index (χ0n) is 10.5. The molecule has 2 atom stereocenters. The van der Waals surface area contributed by atoms with Crippen molar-refractivity contribution in [2.24, 2.45) is 11.5 Å². The molecule has 0 amide bonds. The fraction of sp³-hybridized carbons (Fsp3) is 0.250. The summed E-state index contributed by atoms with van der Waals surface area (Å²) in [4.78, 5) is 0. The van der Waals surface area contributed by atoms with Crippen molar-refractivity contribution in [1.29, 1.82) is 0 Å². The lowest BCUT2D eigenvalue weighted by Gasteiger charge is -2.20. The quantitative estimate of drug-likeness (QED) is 0.841. The van der Waals surface area contributed by atoms with E-state index in [1.165, 1.54) is 11.1 Å². The monoisotopic (exact) mass is 240 g/mol. The molecule has 0 aliphatic carbocycles. The van der Waals surface area contributed by atoms with Crippen molar-refractivity contribution in [2.75, 3.05) is 0 Å². The van der Waals surface area contributed by atoms with Gasteiger partial charge in [0.25, 0.3) is 0 Å². The summed E-state index contributed by atoms with van der Waals surface area (Å²) in [5.74, 6) is 0. The number of rotatable bonds is 5. The Morgan fingerprint density at radius 3 is 1.28 bits per heavy atom. The molecule has 0 radical (unpaired) electrons. The Morgan fingerprint density at radius 1 is 0.611 bits per heavy atom. The molecule has 2 heteroatoms. The average molecular weight is 240 g/mol. The topological polar surface area (TPSA) is 52.0 Å². The van der Waals surface area contributed by atoms with Crippen LogP contribution in [0.15, 0.2) is 60.7 Å². The molecule has 18 heavy (non-hydrogen) atoms. The summed E-state index contributed by atoms with van der Waals surface area (Å²) in [6, 6.07) is 20.5. The molecule has 2 unspecified atom stereocenters. The molecule has 0 aromatic heterocycles. The van der Waals surface area contributed by atoms with Crippen molar-refractivity contribution in [2.45, 2.75) is 24.9 Å². The van der Waals surface area contributed by atoms with Crippen LogP contribution in [0, 0.1) is 0 Å². The average Bonchev–Trinajstić information content (AvgIpc) is 2.41. The van der Waals surface area contributed by atoms with Gasteiger partial charge in [0.1, 0.15) is 0 Å². The number of nitrogens with two attached hydrogens (primary N) is 2. The van der Waals surface area contributed by atoms with Crippen LogP contribution in [0.4, 0.5) is 0 Å². The van der Waals surface area contributed by atoms with Gasteiger partial charge in [-0.05, 0) is 24.0 Å². The Labute approximate surface area is 109 Å². The molecule has 2 nitrogen and oxygen atoms in total. The van der Waals surface area contributed by atoms with E-state index >= 15 is 0 Å². The maximum atomic E-state index is 6.17. The number of hydrogen-bond acceptors (Lipinski definition) is 2. The van der Waals surface area contributed by atoms with Gasteiger partial charge in [-0.3, -0.25) is 0 Å². The van der Waals surface area contributed by atoms with E-state index < -0.39 is 0 Å². The summed E-state index contributed by atoms with van der Waals surface area (Å²) in [5.41, 5.74) is 14.8. The summed E-state index contributed by atoms with van der Waals surface area (Å²) >= 11 is 0. The highest BCUT2D eigenvalue weighted by molar-refractivity contribution is 5.19. The van der Waals surface area contributed by atoms with Crippen LogP contribution in [-0.4, -0.2) is 12.1 Å². The third-order valence-electron chi connectivity index (χ3n) is 3.18. The van der Waals surface area contributed by atoms with Crippen molar-refractivity contribution in [3.05, 3.63) is 71.8 Å².